The molecule has 0 atom stereocenters. The molecule has 0 aliphatic heterocycles. The van der Waals surface area contributed by atoms with Gasteiger partial charge < -0.3 is 15.0 Å². The molecule has 2 aliphatic carbocycles. The number of aromatic nitrogens is 3. The van der Waals surface area contributed by atoms with Crippen LogP contribution >= 0.6 is 0 Å². The van der Waals surface area contributed by atoms with Gasteiger partial charge in [-0.05, 0) is 43.6 Å². The number of nitrogens with one attached hydrogen (secondary N) is 1. The van der Waals surface area contributed by atoms with Crippen molar-refractivity contribution in [1.29, 1.82) is 0 Å². The number of carbonyl (C=O) groups excluding carboxylic acids is 1. The van der Waals surface area contributed by atoms with Crippen LogP contribution in [0.4, 0.5) is 5.82 Å². The van der Waals surface area contributed by atoms with Gasteiger partial charge in [0.25, 0.3) is 0 Å². The molecule has 1 saturated carbocycles. The van der Waals surface area contributed by atoms with Crippen LogP contribution in [0.25, 0.3) is 11.5 Å². The fourth-order valence-electron chi connectivity index (χ4n) is 3.56. The maximum atomic E-state index is 12.3. The zero-order chi connectivity index (χ0) is 21.3. The second kappa shape index (κ2) is 8.20. The predicted molar refractivity (Wildman–Crippen MR) is 117 cm³/mol. The number of fused-ring (bicyclic) bond motifs is 1. The topological polar surface area (TPSA) is 80.2 Å². The van der Waals surface area contributed by atoms with Crippen LogP contribution in [0.2, 0.25) is 0 Å². The maximum Gasteiger partial charge on any atom is 0.239 e. The van der Waals surface area contributed by atoms with Crippen molar-refractivity contribution in [3.05, 3.63) is 29.6 Å². The summed E-state index contributed by atoms with van der Waals surface area (Å²) in [5.74, 6) is 2.22. The van der Waals surface area contributed by atoms with Gasteiger partial charge in [-0.3, -0.25) is 9.78 Å². The number of pyridine rings is 1. The molecule has 0 unspecified atom stereocenters. The van der Waals surface area contributed by atoms with E-state index in [2.05, 4.69) is 31.1 Å². The molecule has 160 valence electrons. The number of hydrogen-bond acceptors (Lipinski definition) is 6. The van der Waals surface area contributed by atoms with Gasteiger partial charge in [0.1, 0.15) is 17.3 Å². The molecule has 0 bridgehead atoms. The number of hydrogen-bond donors (Lipinski definition) is 1. The predicted octanol–water partition coefficient (Wildman–Crippen LogP) is 3.17. The molecule has 2 heterocycles. The SMILES string of the molecule is CN(CC(=O)NC1CC1)c1nc(-c2cc(OCC(C)(C)C)ccn2)nc2c1CCC2. The van der Waals surface area contributed by atoms with Crippen LogP contribution in [0, 0.1) is 5.41 Å². The number of aryl methyl sites for hydroxylation is 1. The maximum absolute atomic E-state index is 12.3. The van der Waals surface area contributed by atoms with E-state index in [0.717, 1.165) is 54.9 Å². The number of ether oxygens (including phenoxy) is 1. The van der Waals surface area contributed by atoms with Gasteiger partial charge in [-0.25, -0.2) is 9.97 Å². The minimum Gasteiger partial charge on any atom is -0.493 e. The van der Waals surface area contributed by atoms with Crippen molar-refractivity contribution < 1.29 is 9.53 Å². The molecule has 1 N–H and O–H groups in total. The second-order valence-corrected chi connectivity index (χ2v) is 9.57. The number of anilines is 1. The third kappa shape index (κ3) is 5.07. The van der Waals surface area contributed by atoms with Crippen molar-refractivity contribution in [3.8, 4) is 17.3 Å². The molecule has 0 radical (unpaired) electrons. The molecule has 0 spiro atoms. The number of amides is 1. The highest BCUT2D eigenvalue weighted by atomic mass is 16.5. The summed E-state index contributed by atoms with van der Waals surface area (Å²) in [5.41, 5.74) is 2.98. The molecule has 0 saturated heterocycles. The molecule has 2 aromatic heterocycles. The normalized spacial score (nSPS) is 15.6. The highest BCUT2D eigenvalue weighted by Crippen LogP contribution is 2.31. The number of carbonyl (C=O) groups is 1. The quantitative estimate of drug-likeness (QED) is 0.757. The van der Waals surface area contributed by atoms with Gasteiger partial charge in [0.05, 0.1) is 13.2 Å². The van der Waals surface area contributed by atoms with Gasteiger partial charge in [0.15, 0.2) is 5.82 Å². The summed E-state index contributed by atoms with van der Waals surface area (Å²) < 4.78 is 5.94. The molecule has 0 aromatic carbocycles. The van der Waals surface area contributed by atoms with E-state index < -0.39 is 0 Å². The van der Waals surface area contributed by atoms with Crippen LogP contribution in [0.15, 0.2) is 18.3 Å². The Labute approximate surface area is 178 Å². The Balaban J connectivity index is 1.58. The number of nitrogens with zero attached hydrogens (tertiary/aromatic N) is 4. The van der Waals surface area contributed by atoms with Crippen LogP contribution in [-0.4, -0.2) is 47.1 Å². The highest BCUT2D eigenvalue weighted by molar-refractivity contribution is 5.82. The second-order valence-electron chi connectivity index (χ2n) is 9.57. The molecule has 2 aromatic rings. The van der Waals surface area contributed by atoms with E-state index in [1.165, 1.54) is 0 Å². The lowest BCUT2D eigenvalue weighted by atomic mass is 9.99. The molecule has 1 amide bonds. The third-order valence-corrected chi connectivity index (χ3v) is 5.23. The van der Waals surface area contributed by atoms with Crippen molar-refractivity contribution in [3.63, 3.8) is 0 Å². The highest BCUT2D eigenvalue weighted by Gasteiger charge is 2.26. The Morgan fingerprint density at radius 1 is 1.27 bits per heavy atom. The lowest BCUT2D eigenvalue weighted by Crippen LogP contribution is -2.37. The Kier molecular flexibility index (Phi) is 5.62. The van der Waals surface area contributed by atoms with Crippen molar-refractivity contribution >= 4 is 11.7 Å². The Hall–Kier alpha value is -2.70. The molecule has 4 rings (SSSR count). The number of rotatable bonds is 7. The van der Waals surface area contributed by atoms with Gasteiger partial charge in [-0.15, -0.1) is 0 Å². The van der Waals surface area contributed by atoms with Gasteiger partial charge >= 0.3 is 0 Å². The lowest BCUT2D eigenvalue weighted by Gasteiger charge is -2.21. The first-order chi connectivity index (χ1) is 14.3. The minimum atomic E-state index is 0.0441. The van der Waals surface area contributed by atoms with Gasteiger partial charge in [-0.1, -0.05) is 20.8 Å². The van der Waals surface area contributed by atoms with E-state index in [0.29, 0.717) is 30.7 Å². The smallest absolute Gasteiger partial charge is 0.239 e. The van der Waals surface area contributed by atoms with Gasteiger partial charge in [0.2, 0.25) is 5.91 Å². The van der Waals surface area contributed by atoms with Crippen LogP contribution in [-0.2, 0) is 17.6 Å². The van der Waals surface area contributed by atoms with E-state index in [1.54, 1.807) is 6.20 Å². The average molecular weight is 410 g/mol. The largest absolute Gasteiger partial charge is 0.493 e. The van der Waals surface area contributed by atoms with E-state index in [1.807, 2.05) is 24.1 Å². The average Bonchev–Trinajstić information content (AvgIpc) is 3.37. The third-order valence-electron chi connectivity index (χ3n) is 5.23. The van der Waals surface area contributed by atoms with Crippen LogP contribution in [0.1, 0.15) is 51.3 Å². The lowest BCUT2D eigenvalue weighted by molar-refractivity contribution is -0.119. The molecule has 7 nitrogen and oxygen atoms in total. The summed E-state index contributed by atoms with van der Waals surface area (Å²) in [6.45, 7) is 7.33. The Bertz CT molecular complexity index is 934. The van der Waals surface area contributed by atoms with Gasteiger partial charge in [-0.2, -0.15) is 0 Å². The van der Waals surface area contributed by atoms with Crippen molar-refractivity contribution in [2.75, 3.05) is 25.1 Å². The monoisotopic (exact) mass is 409 g/mol. The Morgan fingerprint density at radius 3 is 2.80 bits per heavy atom. The van der Waals surface area contributed by atoms with Crippen LogP contribution < -0.4 is 15.0 Å². The van der Waals surface area contributed by atoms with E-state index in [4.69, 9.17) is 14.7 Å². The first kappa shape index (κ1) is 20.6. The standard InChI is InChI=1S/C23H31N5O2/c1-23(2,3)14-30-16-10-11-24-19(12-16)21-26-18-7-5-6-17(18)22(27-21)28(4)13-20(29)25-15-8-9-15/h10-12,15H,5-9,13-14H2,1-4H3,(H,25,29). The fourth-order valence-corrected chi connectivity index (χ4v) is 3.56. The molecule has 2 aliphatic rings. The van der Waals surface area contributed by atoms with Crippen LogP contribution in [0.5, 0.6) is 5.75 Å². The minimum absolute atomic E-state index is 0.0441. The molecule has 1 fully saturated rings. The van der Waals surface area contributed by atoms with Gasteiger partial charge in [0, 0.05) is 36.6 Å². The summed E-state index contributed by atoms with van der Waals surface area (Å²) in [6, 6.07) is 4.11. The first-order valence-corrected chi connectivity index (χ1v) is 10.8. The molecular weight excluding hydrogens is 378 g/mol. The van der Waals surface area contributed by atoms with Crippen LogP contribution in [0.3, 0.4) is 0 Å². The van der Waals surface area contributed by atoms with E-state index in [-0.39, 0.29) is 11.3 Å². The molecule has 7 heteroatoms. The zero-order valence-electron chi connectivity index (χ0n) is 18.4. The zero-order valence-corrected chi connectivity index (χ0v) is 18.4. The van der Waals surface area contributed by atoms with Crippen molar-refractivity contribution in [2.45, 2.75) is 58.9 Å². The van der Waals surface area contributed by atoms with E-state index >= 15 is 0 Å². The fraction of sp³-hybridized carbons (Fsp3) is 0.565. The molecular formula is C23H31N5O2. The van der Waals surface area contributed by atoms with Crippen molar-refractivity contribution in [2.24, 2.45) is 5.41 Å². The summed E-state index contributed by atoms with van der Waals surface area (Å²) in [7, 11) is 1.92. The Morgan fingerprint density at radius 2 is 2.07 bits per heavy atom. The summed E-state index contributed by atoms with van der Waals surface area (Å²) in [4.78, 5) is 28.4. The van der Waals surface area contributed by atoms with Crippen molar-refractivity contribution in [1.82, 2.24) is 20.3 Å². The summed E-state index contributed by atoms with van der Waals surface area (Å²) >= 11 is 0. The summed E-state index contributed by atoms with van der Waals surface area (Å²) in [5, 5.41) is 3.05. The van der Waals surface area contributed by atoms with E-state index in [9.17, 15) is 4.79 Å². The first-order valence-electron chi connectivity index (χ1n) is 10.8. The molecule has 30 heavy (non-hydrogen) atoms. The summed E-state index contributed by atoms with van der Waals surface area (Å²) in [6.07, 6.45) is 6.84. The number of likely N-dealkylation sites (N-methyl/N-ethyl adjacent to an activating group) is 1.